The average Bonchev–Trinajstić information content (AvgIpc) is 2.67. The molecule has 0 saturated heterocycles. The van der Waals surface area contributed by atoms with Gasteiger partial charge in [0.2, 0.25) is 0 Å². The summed E-state index contributed by atoms with van der Waals surface area (Å²) in [7, 11) is 0. The quantitative estimate of drug-likeness (QED) is 0.503. The van der Waals surface area contributed by atoms with E-state index in [4.69, 9.17) is 0 Å². The van der Waals surface area contributed by atoms with Crippen LogP contribution < -0.4 is 0 Å². The molecule has 0 N–H and O–H groups in total. The number of rotatable bonds is 4. The Balaban J connectivity index is 1.50. The zero-order valence-electron chi connectivity index (χ0n) is 16.7. The molecule has 3 rings (SSSR count). The smallest absolute Gasteiger partial charge is 0.127 e. The highest BCUT2D eigenvalue weighted by atomic mass is 19.1. The van der Waals surface area contributed by atoms with Gasteiger partial charge in [-0.15, -0.1) is 0 Å². The lowest BCUT2D eigenvalue weighted by atomic mass is 9.69. The lowest BCUT2D eigenvalue weighted by Crippen LogP contribution is -2.24. The van der Waals surface area contributed by atoms with Gasteiger partial charge in [0.05, 0.1) is 0 Å². The number of halogens is 1. The van der Waals surface area contributed by atoms with Crippen molar-refractivity contribution in [2.24, 2.45) is 23.7 Å². The molecule has 26 heavy (non-hydrogen) atoms. The molecule has 1 aromatic rings. The Bertz CT molecular complexity index is 619. The molecule has 2 fully saturated rings. The number of hydrogen-bond acceptors (Lipinski definition) is 0. The molecule has 0 radical (unpaired) electrons. The third-order valence-corrected chi connectivity index (χ3v) is 6.77. The van der Waals surface area contributed by atoms with Crippen LogP contribution in [-0.2, 0) is 6.42 Å². The first-order valence-corrected chi connectivity index (χ1v) is 11.0. The van der Waals surface area contributed by atoms with E-state index in [9.17, 15) is 4.39 Å². The first-order chi connectivity index (χ1) is 12.7. The zero-order chi connectivity index (χ0) is 18.4. The Morgan fingerprint density at radius 2 is 1.62 bits per heavy atom. The number of aryl methyl sites for hydroxylation is 1. The Kier molecular flexibility index (Phi) is 7.18. The fraction of sp³-hybridized carbons (Fsp3) is 0.680. The molecule has 0 aliphatic heterocycles. The van der Waals surface area contributed by atoms with Gasteiger partial charge in [-0.2, -0.15) is 0 Å². The molecule has 0 aromatic heterocycles. The maximum atomic E-state index is 14.2. The van der Waals surface area contributed by atoms with Crippen LogP contribution in [0.3, 0.4) is 0 Å². The van der Waals surface area contributed by atoms with Crippen LogP contribution in [0.1, 0.15) is 89.2 Å². The number of unbranched alkanes of at least 4 members (excludes halogenated alkanes) is 1. The number of benzene rings is 1. The van der Waals surface area contributed by atoms with E-state index in [1.54, 1.807) is 6.07 Å². The van der Waals surface area contributed by atoms with Crippen molar-refractivity contribution in [1.82, 2.24) is 0 Å². The third-order valence-electron chi connectivity index (χ3n) is 6.77. The predicted molar refractivity (Wildman–Crippen MR) is 108 cm³/mol. The van der Waals surface area contributed by atoms with Crippen LogP contribution in [-0.4, -0.2) is 0 Å². The van der Waals surface area contributed by atoms with E-state index in [-0.39, 0.29) is 5.82 Å². The SMILES string of the molecule is CCCCc1ccc(C#CC2CCC(C3CCC(C)CC3)CC2)cc1F. The summed E-state index contributed by atoms with van der Waals surface area (Å²) >= 11 is 0. The minimum absolute atomic E-state index is 0.0829. The lowest BCUT2D eigenvalue weighted by molar-refractivity contribution is 0.162. The largest absolute Gasteiger partial charge is 0.207 e. The fourth-order valence-corrected chi connectivity index (χ4v) is 4.87. The molecule has 1 heteroatoms. The first kappa shape index (κ1) is 19.5. The average molecular weight is 355 g/mol. The second-order valence-electron chi connectivity index (χ2n) is 8.81. The summed E-state index contributed by atoms with van der Waals surface area (Å²) in [4.78, 5) is 0. The standard InChI is InChI=1S/C25H35F/c1-3-4-5-24-17-12-21(18-25(24)26)9-8-20-10-15-23(16-11-20)22-13-6-19(2)7-14-22/h12,17-20,22-23H,3-7,10-11,13-16H2,1-2H3. The van der Waals surface area contributed by atoms with Gasteiger partial charge in [0, 0.05) is 11.5 Å². The van der Waals surface area contributed by atoms with Crippen LogP contribution in [0.5, 0.6) is 0 Å². The third kappa shape index (κ3) is 5.35. The van der Waals surface area contributed by atoms with Crippen molar-refractivity contribution in [1.29, 1.82) is 0 Å². The van der Waals surface area contributed by atoms with Crippen molar-refractivity contribution < 1.29 is 4.39 Å². The van der Waals surface area contributed by atoms with Gasteiger partial charge in [0.1, 0.15) is 5.82 Å². The summed E-state index contributed by atoms with van der Waals surface area (Å²) < 4.78 is 14.2. The van der Waals surface area contributed by atoms with Crippen molar-refractivity contribution in [2.45, 2.75) is 84.5 Å². The van der Waals surface area contributed by atoms with E-state index >= 15 is 0 Å². The van der Waals surface area contributed by atoms with Crippen LogP contribution >= 0.6 is 0 Å². The fourth-order valence-electron chi connectivity index (χ4n) is 4.87. The molecule has 142 valence electrons. The minimum Gasteiger partial charge on any atom is -0.207 e. The molecule has 2 aliphatic rings. The van der Waals surface area contributed by atoms with Gasteiger partial charge < -0.3 is 0 Å². The molecule has 0 heterocycles. The van der Waals surface area contributed by atoms with Crippen molar-refractivity contribution in [3.8, 4) is 11.8 Å². The summed E-state index contributed by atoms with van der Waals surface area (Å²) in [6, 6.07) is 5.55. The predicted octanol–water partition coefficient (Wildman–Crippen LogP) is 7.15. The van der Waals surface area contributed by atoms with Gasteiger partial charge in [-0.3, -0.25) is 0 Å². The summed E-state index contributed by atoms with van der Waals surface area (Å²) in [6.07, 6.45) is 13.9. The van der Waals surface area contributed by atoms with Crippen molar-refractivity contribution in [2.75, 3.05) is 0 Å². The van der Waals surface area contributed by atoms with Gasteiger partial charge in [0.25, 0.3) is 0 Å². The van der Waals surface area contributed by atoms with Gasteiger partial charge in [-0.1, -0.05) is 51.0 Å². The minimum atomic E-state index is -0.0829. The molecule has 0 spiro atoms. The summed E-state index contributed by atoms with van der Waals surface area (Å²) in [5.74, 6) is 9.98. The highest BCUT2D eigenvalue weighted by Gasteiger charge is 2.29. The molecule has 0 bridgehead atoms. The van der Waals surface area contributed by atoms with Crippen LogP contribution in [0.25, 0.3) is 0 Å². The van der Waals surface area contributed by atoms with E-state index < -0.39 is 0 Å². The Morgan fingerprint density at radius 1 is 0.962 bits per heavy atom. The van der Waals surface area contributed by atoms with Crippen LogP contribution in [0.4, 0.5) is 4.39 Å². The van der Waals surface area contributed by atoms with Gasteiger partial charge in [0.15, 0.2) is 0 Å². The van der Waals surface area contributed by atoms with E-state index in [0.29, 0.717) is 5.92 Å². The van der Waals surface area contributed by atoms with E-state index in [0.717, 1.165) is 48.1 Å². The van der Waals surface area contributed by atoms with Gasteiger partial charge in [-0.05, 0) is 86.8 Å². The summed E-state index contributed by atoms with van der Waals surface area (Å²) in [5.41, 5.74) is 1.67. The first-order valence-electron chi connectivity index (χ1n) is 11.0. The molecule has 0 amide bonds. The number of hydrogen-bond donors (Lipinski definition) is 0. The van der Waals surface area contributed by atoms with Crippen LogP contribution in [0.15, 0.2) is 18.2 Å². The molecule has 0 atom stereocenters. The topological polar surface area (TPSA) is 0 Å². The van der Waals surface area contributed by atoms with Crippen LogP contribution in [0.2, 0.25) is 0 Å². The summed E-state index contributed by atoms with van der Waals surface area (Å²) in [6.45, 7) is 4.54. The molecule has 1 aromatic carbocycles. The Morgan fingerprint density at radius 3 is 2.23 bits per heavy atom. The maximum absolute atomic E-state index is 14.2. The second kappa shape index (κ2) is 9.59. The normalized spacial score (nSPS) is 29.0. The Labute approximate surface area is 160 Å². The van der Waals surface area contributed by atoms with E-state index in [1.807, 2.05) is 12.1 Å². The van der Waals surface area contributed by atoms with Crippen molar-refractivity contribution >= 4 is 0 Å². The molecule has 2 aliphatic carbocycles. The van der Waals surface area contributed by atoms with Crippen LogP contribution in [0, 0.1) is 41.3 Å². The highest BCUT2D eigenvalue weighted by molar-refractivity contribution is 5.37. The molecule has 0 nitrogen and oxygen atoms in total. The molecule has 0 unspecified atom stereocenters. The van der Waals surface area contributed by atoms with Gasteiger partial charge >= 0.3 is 0 Å². The monoisotopic (exact) mass is 354 g/mol. The highest BCUT2D eigenvalue weighted by Crippen LogP contribution is 2.41. The molecular weight excluding hydrogens is 319 g/mol. The Hall–Kier alpha value is -1.29. The molecular formula is C25H35F. The second-order valence-corrected chi connectivity index (χ2v) is 8.81. The van der Waals surface area contributed by atoms with Gasteiger partial charge in [-0.25, -0.2) is 4.39 Å². The lowest BCUT2D eigenvalue weighted by Gasteiger charge is -2.36. The van der Waals surface area contributed by atoms with E-state index in [2.05, 4.69) is 25.7 Å². The summed E-state index contributed by atoms with van der Waals surface area (Å²) in [5, 5.41) is 0. The van der Waals surface area contributed by atoms with Crippen molar-refractivity contribution in [3.63, 3.8) is 0 Å². The van der Waals surface area contributed by atoms with E-state index in [1.165, 1.54) is 51.4 Å². The maximum Gasteiger partial charge on any atom is 0.127 e. The molecule has 2 saturated carbocycles. The van der Waals surface area contributed by atoms with Crippen molar-refractivity contribution in [3.05, 3.63) is 35.1 Å². The zero-order valence-corrected chi connectivity index (χ0v) is 16.7.